The van der Waals surface area contributed by atoms with Crippen molar-refractivity contribution >= 4 is 5.96 Å². The van der Waals surface area contributed by atoms with Crippen LogP contribution in [0.15, 0.2) is 0 Å². The second-order valence-electron chi connectivity index (χ2n) is 5.72. The van der Waals surface area contributed by atoms with Crippen LogP contribution in [-0.4, -0.2) is 50.4 Å². The van der Waals surface area contributed by atoms with Gasteiger partial charge in [-0.2, -0.15) is 0 Å². The van der Waals surface area contributed by atoms with E-state index in [0.29, 0.717) is 0 Å². The first-order valence-corrected chi connectivity index (χ1v) is 8.96. The predicted octanol–water partition coefficient (Wildman–Crippen LogP) is 3.38. The molecule has 0 rings (SSSR count). The fraction of sp³-hybridized carbons (Fsp3) is 0.941. The highest BCUT2D eigenvalue weighted by atomic mass is 16.5. The molecule has 0 heterocycles. The summed E-state index contributed by atoms with van der Waals surface area (Å²) < 4.78 is 11.2. The van der Waals surface area contributed by atoms with E-state index in [0.717, 1.165) is 65.2 Å². The van der Waals surface area contributed by atoms with E-state index in [1.54, 1.807) is 0 Å². The van der Waals surface area contributed by atoms with Crippen molar-refractivity contribution in [3.05, 3.63) is 0 Å². The number of unbranched alkanes of at least 4 members (excludes halogenated alkanes) is 4. The Bertz CT molecular complexity index is 232. The van der Waals surface area contributed by atoms with E-state index in [4.69, 9.17) is 20.6 Å². The van der Waals surface area contributed by atoms with Gasteiger partial charge in [-0.15, -0.1) is 0 Å². The van der Waals surface area contributed by atoms with Crippen LogP contribution in [0.25, 0.3) is 0 Å². The van der Waals surface area contributed by atoms with Gasteiger partial charge in [-0.25, -0.2) is 0 Å². The summed E-state index contributed by atoms with van der Waals surface area (Å²) in [4.78, 5) is 1.91. The summed E-state index contributed by atoms with van der Waals surface area (Å²) >= 11 is 0. The lowest BCUT2D eigenvalue weighted by molar-refractivity contribution is 0.115. The lowest BCUT2D eigenvalue weighted by Crippen LogP contribution is -2.38. The van der Waals surface area contributed by atoms with Crippen LogP contribution in [0, 0.1) is 5.41 Å². The Hall–Kier alpha value is -0.810. The van der Waals surface area contributed by atoms with Crippen molar-refractivity contribution in [3.63, 3.8) is 0 Å². The number of hydrogen-bond donors (Lipinski definition) is 2. The molecule has 0 aliphatic heterocycles. The maximum absolute atomic E-state index is 7.62. The molecule has 0 atom stereocenters. The first kappa shape index (κ1) is 21.2. The number of nitrogens with one attached hydrogen (secondary N) is 1. The monoisotopic (exact) mass is 315 g/mol. The van der Waals surface area contributed by atoms with Crippen molar-refractivity contribution < 1.29 is 9.47 Å². The molecule has 132 valence electrons. The third-order valence-electron chi connectivity index (χ3n) is 3.56. The minimum absolute atomic E-state index is 0.150. The third kappa shape index (κ3) is 14.1. The Morgan fingerprint density at radius 1 is 0.773 bits per heavy atom. The van der Waals surface area contributed by atoms with Crippen LogP contribution in [-0.2, 0) is 9.47 Å². The maximum Gasteiger partial charge on any atom is 0.188 e. The molecule has 0 amide bonds. The van der Waals surface area contributed by atoms with E-state index in [1.165, 1.54) is 25.7 Å². The van der Waals surface area contributed by atoms with Crippen LogP contribution < -0.4 is 5.73 Å². The Morgan fingerprint density at radius 2 is 1.18 bits per heavy atom. The molecule has 3 N–H and O–H groups in total. The second-order valence-corrected chi connectivity index (χ2v) is 5.72. The molecule has 0 aliphatic carbocycles. The van der Waals surface area contributed by atoms with Crippen LogP contribution in [0.4, 0.5) is 0 Å². The zero-order valence-electron chi connectivity index (χ0n) is 14.7. The van der Waals surface area contributed by atoms with Gasteiger partial charge in [0, 0.05) is 39.5 Å². The van der Waals surface area contributed by atoms with Gasteiger partial charge in [-0.05, 0) is 25.7 Å². The number of nitrogens with zero attached hydrogens (tertiary/aromatic N) is 1. The predicted molar refractivity (Wildman–Crippen MR) is 93.4 cm³/mol. The molecule has 0 aromatic rings. The van der Waals surface area contributed by atoms with Crippen molar-refractivity contribution in [2.45, 2.75) is 65.2 Å². The Morgan fingerprint density at radius 3 is 1.55 bits per heavy atom. The molecule has 0 spiro atoms. The molecule has 5 nitrogen and oxygen atoms in total. The van der Waals surface area contributed by atoms with Gasteiger partial charge in [0.2, 0.25) is 0 Å². The van der Waals surface area contributed by atoms with Gasteiger partial charge >= 0.3 is 0 Å². The largest absolute Gasteiger partial charge is 0.381 e. The summed E-state index contributed by atoms with van der Waals surface area (Å²) in [6.45, 7) is 9.16. The van der Waals surface area contributed by atoms with E-state index in [9.17, 15) is 0 Å². The molecule has 0 radical (unpaired) electrons. The normalized spacial score (nSPS) is 10.8. The quantitative estimate of drug-likeness (QED) is 0.260. The van der Waals surface area contributed by atoms with Gasteiger partial charge < -0.3 is 20.1 Å². The number of hydrogen-bond acceptors (Lipinski definition) is 3. The molecule has 0 aromatic heterocycles. The van der Waals surface area contributed by atoms with Gasteiger partial charge in [0.15, 0.2) is 5.96 Å². The van der Waals surface area contributed by atoms with E-state index >= 15 is 0 Å². The Kier molecular flexibility index (Phi) is 15.9. The van der Waals surface area contributed by atoms with E-state index < -0.39 is 0 Å². The average molecular weight is 316 g/mol. The molecule has 0 aromatic carbocycles. The molecule has 0 bridgehead atoms. The van der Waals surface area contributed by atoms with E-state index in [2.05, 4.69) is 13.8 Å². The Balaban J connectivity index is 3.51. The molecule has 0 aliphatic rings. The summed E-state index contributed by atoms with van der Waals surface area (Å²) in [6.07, 6.45) is 9.04. The lowest BCUT2D eigenvalue weighted by Gasteiger charge is -2.22. The number of nitrogens with two attached hydrogens (primary N) is 1. The van der Waals surface area contributed by atoms with Crippen LogP contribution in [0.3, 0.4) is 0 Å². The molecule has 0 unspecified atom stereocenters. The van der Waals surface area contributed by atoms with E-state index in [-0.39, 0.29) is 5.96 Å². The first-order valence-electron chi connectivity index (χ1n) is 8.96. The number of rotatable bonds is 16. The fourth-order valence-corrected chi connectivity index (χ4v) is 2.18. The van der Waals surface area contributed by atoms with Crippen molar-refractivity contribution in [2.24, 2.45) is 5.73 Å². The molecular weight excluding hydrogens is 278 g/mol. The van der Waals surface area contributed by atoms with Crippen LogP contribution in [0.5, 0.6) is 0 Å². The summed E-state index contributed by atoms with van der Waals surface area (Å²) in [7, 11) is 0. The van der Waals surface area contributed by atoms with Gasteiger partial charge in [-0.3, -0.25) is 5.41 Å². The van der Waals surface area contributed by atoms with Crippen LogP contribution in [0.2, 0.25) is 0 Å². The Labute approximate surface area is 137 Å². The first-order chi connectivity index (χ1) is 10.7. The fourth-order valence-electron chi connectivity index (χ4n) is 2.18. The van der Waals surface area contributed by atoms with Crippen LogP contribution in [0.1, 0.15) is 65.2 Å². The smallest absolute Gasteiger partial charge is 0.188 e. The van der Waals surface area contributed by atoms with Gasteiger partial charge in [0.25, 0.3) is 0 Å². The average Bonchev–Trinajstić information content (AvgIpc) is 2.50. The standard InChI is InChI=1S/C17H37N3O2/c1-3-5-7-13-21-15-9-11-20(17(18)19)12-10-16-22-14-8-6-4-2/h3-16H2,1-2H3,(H3,18,19). The molecule has 0 saturated carbocycles. The third-order valence-corrected chi connectivity index (χ3v) is 3.56. The number of ether oxygens (including phenoxy) is 2. The minimum Gasteiger partial charge on any atom is -0.381 e. The summed E-state index contributed by atoms with van der Waals surface area (Å²) in [5.41, 5.74) is 5.63. The molecule has 0 fully saturated rings. The molecule has 22 heavy (non-hydrogen) atoms. The van der Waals surface area contributed by atoms with Crippen molar-refractivity contribution in [1.82, 2.24) is 4.90 Å². The highest BCUT2D eigenvalue weighted by Crippen LogP contribution is 1.99. The van der Waals surface area contributed by atoms with Crippen molar-refractivity contribution in [3.8, 4) is 0 Å². The van der Waals surface area contributed by atoms with Crippen LogP contribution >= 0.6 is 0 Å². The highest BCUT2D eigenvalue weighted by molar-refractivity contribution is 5.74. The lowest BCUT2D eigenvalue weighted by atomic mass is 10.3. The van der Waals surface area contributed by atoms with Gasteiger partial charge in [-0.1, -0.05) is 39.5 Å². The maximum atomic E-state index is 7.62. The number of guanidine groups is 1. The molecule has 5 heteroatoms. The highest BCUT2D eigenvalue weighted by Gasteiger charge is 2.05. The molecule has 0 saturated heterocycles. The topological polar surface area (TPSA) is 71.6 Å². The van der Waals surface area contributed by atoms with Crippen molar-refractivity contribution in [1.29, 1.82) is 5.41 Å². The molecular formula is C17H37N3O2. The van der Waals surface area contributed by atoms with Crippen molar-refractivity contribution in [2.75, 3.05) is 39.5 Å². The van der Waals surface area contributed by atoms with Gasteiger partial charge in [0.05, 0.1) is 0 Å². The summed E-state index contributed by atoms with van der Waals surface area (Å²) in [5, 5.41) is 7.62. The minimum atomic E-state index is 0.150. The van der Waals surface area contributed by atoms with E-state index in [1.807, 2.05) is 4.90 Å². The zero-order chi connectivity index (χ0) is 16.5. The SMILES string of the molecule is CCCCCOCCCN(CCCOCCCCC)C(=N)N. The second kappa shape index (κ2) is 16.6. The van der Waals surface area contributed by atoms with Gasteiger partial charge in [0.1, 0.15) is 0 Å². The zero-order valence-corrected chi connectivity index (χ0v) is 14.7. The summed E-state index contributed by atoms with van der Waals surface area (Å²) in [5.74, 6) is 0.150. The summed E-state index contributed by atoms with van der Waals surface area (Å²) in [6, 6.07) is 0.